The molecule has 0 spiro atoms. The number of carbonyl (C=O) groups excluding carboxylic acids is 2. The lowest BCUT2D eigenvalue weighted by atomic mass is 9.86. The van der Waals surface area contributed by atoms with Crippen LogP contribution in [0.5, 0.6) is 0 Å². The average molecular weight is 487 g/mol. The molecule has 1 aliphatic rings. The van der Waals surface area contributed by atoms with Crippen molar-refractivity contribution in [1.82, 2.24) is 10.6 Å². The van der Waals surface area contributed by atoms with Gasteiger partial charge >= 0.3 is 11.9 Å². The van der Waals surface area contributed by atoms with E-state index in [-0.39, 0.29) is 30.3 Å². The van der Waals surface area contributed by atoms with E-state index in [1.54, 1.807) is 26.0 Å². The number of ether oxygens (including phenoxy) is 1. The van der Waals surface area contributed by atoms with E-state index in [0.29, 0.717) is 0 Å². The summed E-state index contributed by atoms with van der Waals surface area (Å²) in [7, 11) is -1.38. The third-order valence-electron chi connectivity index (χ3n) is 5.71. The van der Waals surface area contributed by atoms with E-state index < -0.39 is 46.9 Å². The molecule has 2 aromatic rings. The lowest BCUT2D eigenvalue weighted by molar-refractivity contribution is -0.145. The molecule has 0 saturated heterocycles. The van der Waals surface area contributed by atoms with E-state index in [9.17, 15) is 23.7 Å². The monoisotopic (exact) mass is 486 g/mol. The molecular formula is C25H30N2O6S. The molecule has 9 heteroatoms. The van der Waals surface area contributed by atoms with Crippen LogP contribution >= 0.6 is 0 Å². The molecule has 3 N–H and O–H groups in total. The summed E-state index contributed by atoms with van der Waals surface area (Å²) in [5.41, 5.74) is 2.40. The van der Waals surface area contributed by atoms with Crippen LogP contribution in [0, 0.1) is 0 Å². The number of Topliss-reactive ketones (excluding diaryl/α,β-unsaturated/α-hetero) is 1. The van der Waals surface area contributed by atoms with E-state index in [0.717, 1.165) is 16.7 Å². The quantitative estimate of drug-likeness (QED) is 0.411. The lowest BCUT2D eigenvalue weighted by Crippen LogP contribution is -2.54. The van der Waals surface area contributed by atoms with E-state index in [4.69, 9.17) is 4.74 Å². The summed E-state index contributed by atoms with van der Waals surface area (Å²) in [6, 6.07) is 13.0. The standard InChI is InChI=1S/C25H30N2O6S/c1-3-33-25(31)21(15-34(32)14-17-9-5-4-6-10-17)26-16(2)23(28)22-19-12-8-7-11-18(19)13-20(27-22)24(29)30/h4-12,16,20-22,26-27H,3,13-15H2,1-2H3,(H,29,30)/t16-,20?,21?,22-,34?/m0/s1. The van der Waals surface area contributed by atoms with E-state index >= 15 is 0 Å². The number of hydrogen-bond donors (Lipinski definition) is 3. The Hall–Kier alpha value is -2.88. The van der Waals surface area contributed by atoms with Gasteiger partial charge in [0.25, 0.3) is 0 Å². The Kier molecular flexibility index (Phi) is 9.09. The minimum Gasteiger partial charge on any atom is -0.480 e. The van der Waals surface area contributed by atoms with Gasteiger partial charge in [0.1, 0.15) is 12.1 Å². The van der Waals surface area contributed by atoms with Gasteiger partial charge in [-0.1, -0.05) is 54.6 Å². The summed E-state index contributed by atoms with van der Waals surface area (Å²) in [6.45, 7) is 3.45. The van der Waals surface area contributed by atoms with Crippen molar-refractivity contribution in [2.75, 3.05) is 12.4 Å². The van der Waals surface area contributed by atoms with Crippen LogP contribution in [-0.4, -0.2) is 57.5 Å². The van der Waals surface area contributed by atoms with Crippen LogP contribution in [-0.2, 0) is 42.1 Å². The molecular weight excluding hydrogens is 456 g/mol. The Morgan fingerprint density at radius 1 is 1.15 bits per heavy atom. The number of nitrogens with one attached hydrogen (secondary N) is 2. The van der Waals surface area contributed by atoms with Crippen molar-refractivity contribution in [1.29, 1.82) is 0 Å². The molecule has 0 bridgehead atoms. The zero-order chi connectivity index (χ0) is 24.7. The van der Waals surface area contributed by atoms with Crippen molar-refractivity contribution in [2.45, 2.75) is 50.2 Å². The number of aliphatic carboxylic acids is 1. The van der Waals surface area contributed by atoms with Gasteiger partial charge in [-0.05, 0) is 37.0 Å². The molecule has 0 fully saturated rings. The summed E-state index contributed by atoms with van der Waals surface area (Å²) in [5.74, 6) is -1.66. The fraction of sp³-hybridized carbons (Fsp3) is 0.400. The van der Waals surface area contributed by atoms with Crippen molar-refractivity contribution in [2.24, 2.45) is 0 Å². The Morgan fingerprint density at radius 2 is 1.82 bits per heavy atom. The highest BCUT2D eigenvalue weighted by atomic mass is 32.2. The summed E-state index contributed by atoms with van der Waals surface area (Å²) in [4.78, 5) is 37.6. The number of hydrogen-bond acceptors (Lipinski definition) is 7. The normalized spacial score (nSPS) is 19.9. The average Bonchev–Trinajstić information content (AvgIpc) is 2.83. The number of benzene rings is 2. The molecule has 3 rings (SSSR count). The maximum atomic E-state index is 13.4. The molecule has 0 saturated carbocycles. The molecule has 2 aromatic carbocycles. The molecule has 5 atom stereocenters. The van der Waals surface area contributed by atoms with Gasteiger partial charge in [-0.3, -0.25) is 29.2 Å². The van der Waals surface area contributed by atoms with Crippen LogP contribution in [0.25, 0.3) is 0 Å². The predicted molar refractivity (Wildman–Crippen MR) is 129 cm³/mol. The first kappa shape index (κ1) is 25.7. The fourth-order valence-corrected chi connectivity index (χ4v) is 5.32. The Bertz CT molecular complexity index is 1040. The van der Waals surface area contributed by atoms with Crippen molar-refractivity contribution in [3.8, 4) is 0 Å². The van der Waals surface area contributed by atoms with Crippen LogP contribution in [0.4, 0.5) is 0 Å². The number of carboxylic acid groups (broad SMARTS) is 1. The second kappa shape index (κ2) is 12.0. The van der Waals surface area contributed by atoms with Crippen molar-refractivity contribution in [3.05, 3.63) is 71.3 Å². The topological polar surface area (TPSA) is 122 Å². The first-order chi connectivity index (χ1) is 16.3. The first-order valence-corrected chi connectivity index (χ1v) is 12.7. The zero-order valence-electron chi connectivity index (χ0n) is 19.2. The third-order valence-corrected chi connectivity index (χ3v) is 7.07. The number of esters is 1. The van der Waals surface area contributed by atoms with Crippen LogP contribution in [0.2, 0.25) is 0 Å². The maximum absolute atomic E-state index is 13.4. The Balaban J connectivity index is 1.74. The molecule has 0 aromatic heterocycles. The van der Waals surface area contributed by atoms with Gasteiger partial charge in [0, 0.05) is 22.3 Å². The van der Waals surface area contributed by atoms with Gasteiger partial charge in [0.2, 0.25) is 0 Å². The largest absolute Gasteiger partial charge is 0.480 e. The van der Waals surface area contributed by atoms with Crippen molar-refractivity contribution >= 4 is 28.5 Å². The van der Waals surface area contributed by atoms with Crippen LogP contribution in [0.3, 0.4) is 0 Å². The number of carboxylic acids is 1. The molecule has 0 radical (unpaired) electrons. The van der Waals surface area contributed by atoms with E-state index in [1.807, 2.05) is 42.5 Å². The van der Waals surface area contributed by atoms with Crippen molar-refractivity contribution in [3.63, 3.8) is 0 Å². The molecule has 0 aliphatic carbocycles. The van der Waals surface area contributed by atoms with Gasteiger partial charge < -0.3 is 9.84 Å². The highest BCUT2D eigenvalue weighted by Crippen LogP contribution is 2.27. The predicted octanol–water partition coefficient (Wildman–Crippen LogP) is 1.75. The second-order valence-corrected chi connectivity index (χ2v) is 9.73. The molecule has 8 nitrogen and oxygen atoms in total. The number of rotatable bonds is 11. The molecule has 0 amide bonds. The van der Waals surface area contributed by atoms with Gasteiger partial charge in [0.15, 0.2) is 5.78 Å². The van der Waals surface area contributed by atoms with Gasteiger partial charge in [-0.2, -0.15) is 0 Å². The van der Waals surface area contributed by atoms with Crippen LogP contribution in [0.1, 0.15) is 36.6 Å². The lowest BCUT2D eigenvalue weighted by Gasteiger charge is -2.32. The van der Waals surface area contributed by atoms with Gasteiger partial charge in [-0.25, -0.2) is 0 Å². The highest BCUT2D eigenvalue weighted by Gasteiger charge is 2.37. The summed E-state index contributed by atoms with van der Waals surface area (Å²) in [5, 5.41) is 15.4. The van der Waals surface area contributed by atoms with Gasteiger partial charge in [-0.15, -0.1) is 0 Å². The number of ketones is 1. The maximum Gasteiger partial charge on any atom is 0.324 e. The molecule has 182 valence electrons. The molecule has 1 aliphatic heterocycles. The van der Waals surface area contributed by atoms with E-state index in [2.05, 4.69) is 10.6 Å². The minimum absolute atomic E-state index is 0.0161. The Labute approximate surface area is 201 Å². The third kappa shape index (κ3) is 6.59. The minimum atomic E-state index is -1.38. The van der Waals surface area contributed by atoms with E-state index in [1.165, 1.54) is 0 Å². The zero-order valence-corrected chi connectivity index (χ0v) is 20.0. The molecule has 1 heterocycles. The second-order valence-electron chi connectivity index (χ2n) is 8.23. The van der Waals surface area contributed by atoms with Gasteiger partial charge in [0.05, 0.1) is 18.7 Å². The van der Waals surface area contributed by atoms with Crippen LogP contribution in [0.15, 0.2) is 54.6 Å². The van der Waals surface area contributed by atoms with Crippen LogP contribution < -0.4 is 10.6 Å². The summed E-state index contributed by atoms with van der Waals surface area (Å²) < 4.78 is 17.9. The summed E-state index contributed by atoms with van der Waals surface area (Å²) in [6.07, 6.45) is 0.279. The fourth-order valence-electron chi connectivity index (χ4n) is 4.03. The Morgan fingerprint density at radius 3 is 2.50 bits per heavy atom. The SMILES string of the molecule is CCOC(=O)C(CS(=O)Cc1ccccc1)N[C@@H](C)C(=O)[C@H]1NC(C(=O)O)Cc2ccccc21. The number of fused-ring (bicyclic) bond motifs is 1. The number of carbonyl (C=O) groups is 3. The first-order valence-electron chi connectivity index (χ1n) is 11.2. The summed E-state index contributed by atoms with van der Waals surface area (Å²) >= 11 is 0. The molecule has 34 heavy (non-hydrogen) atoms. The smallest absolute Gasteiger partial charge is 0.324 e. The highest BCUT2D eigenvalue weighted by molar-refractivity contribution is 7.84. The molecule has 3 unspecified atom stereocenters. The van der Waals surface area contributed by atoms with Crippen molar-refractivity contribution < 1.29 is 28.4 Å².